The summed E-state index contributed by atoms with van der Waals surface area (Å²) in [5.41, 5.74) is 8.46. The molecule has 1 aromatic carbocycles. The van der Waals surface area contributed by atoms with E-state index in [1.165, 1.54) is 17.7 Å². The number of benzene rings is 1. The first kappa shape index (κ1) is 14.5. The Morgan fingerprint density at radius 1 is 1.35 bits per heavy atom. The van der Waals surface area contributed by atoms with E-state index in [0.717, 1.165) is 11.0 Å². The number of hydrogen-bond acceptors (Lipinski definition) is 2. The highest BCUT2D eigenvalue weighted by atomic mass is 79.9. The standard InChI is InChI=1S/C14H23BrN2/c1-5-10(2)9-17(4)14-8-12(15)6-7-13(14)11(3)16/h6-8,10-11H,5,9,16H2,1-4H3. The molecule has 0 aliphatic carbocycles. The maximum Gasteiger partial charge on any atom is 0.0423 e. The molecule has 2 N–H and O–H groups in total. The van der Waals surface area contributed by atoms with Crippen molar-refractivity contribution in [2.24, 2.45) is 11.7 Å². The molecule has 0 saturated heterocycles. The molecule has 2 atom stereocenters. The Kier molecular flexibility index (Phi) is 5.47. The summed E-state index contributed by atoms with van der Waals surface area (Å²) in [5, 5.41) is 0. The molecule has 0 aliphatic rings. The van der Waals surface area contributed by atoms with Gasteiger partial charge in [-0.1, -0.05) is 42.3 Å². The van der Waals surface area contributed by atoms with Crippen LogP contribution < -0.4 is 10.6 Å². The first-order valence-corrected chi connectivity index (χ1v) is 7.01. The smallest absolute Gasteiger partial charge is 0.0423 e. The molecule has 0 bridgehead atoms. The van der Waals surface area contributed by atoms with Crippen molar-refractivity contribution in [1.82, 2.24) is 0 Å². The molecule has 0 saturated carbocycles. The fourth-order valence-electron chi connectivity index (χ4n) is 1.93. The number of halogens is 1. The first-order chi connectivity index (χ1) is 7.95. The fourth-order valence-corrected chi connectivity index (χ4v) is 2.28. The molecule has 3 heteroatoms. The molecule has 2 nitrogen and oxygen atoms in total. The second-order valence-corrected chi connectivity index (χ2v) is 5.80. The number of nitrogens with two attached hydrogens (primary N) is 1. The molecule has 0 amide bonds. The third kappa shape index (κ3) is 4.00. The van der Waals surface area contributed by atoms with Crippen molar-refractivity contribution in [3.05, 3.63) is 28.2 Å². The highest BCUT2D eigenvalue weighted by Gasteiger charge is 2.13. The molecule has 0 aromatic heterocycles. The Morgan fingerprint density at radius 3 is 2.53 bits per heavy atom. The number of hydrogen-bond donors (Lipinski definition) is 1. The zero-order valence-corrected chi connectivity index (χ0v) is 12.8. The van der Waals surface area contributed by atoms with Crippen molar-refractivity contribution in [3.63, 3.8) is 0 Å². The largest absolute Gasteiger partial charge is 0.374 e. The van der Waals surface area contributed by atoms with Crippen LogP contribution in [0.2, 0.25) is 0 Å². The van der Waals surface area contributed by atoms with Crippen LogP contribution in [0.4, 0.5) is 5.69 Å². The minimum Gasteiger partial charge on any atom is -0.374 e. The average molecular weight is 299 g/mol. The lowest BCUT2D eigenvalue weighted by Gasteiger charge is -2.26. The highest BCUT2D eigenvalue weighted by molar-refractivity contribution is 9.10. The van der Waals surface area contributed by atoms with Gasteiger partial charge < -0.3 is 10.6 Å². The Hall–Kier alpha value is -0.540. The van der Waals surface area contributed by atoms with Gasteiger partial charge in [0.25, 0.3) is 0 Å². The predicted octanol–water partition coefficient (Wildman–Crippen LogP) is 3.95. The van der Waals surface area contributed by atoms with E-state index < -0.39 is 0 Å². The Balaban J connectivity index is 2.97. The van der Waals surface area contributed by atoms with Gasteiger partial charge in [0.1, 0.15) is 0 Å². The number of anilines is 1. The van der Waals surface area contributed by atoms with Crippen LogP contribution in [0.1, 0.15) is 38.8 Å². The van der Waals surface area contributed by atoms with E-state index in [4.69, 9.17) is 5.73 Å². The summed E-state index contributed by atoms with van der Waals surface area (Å²) in [7, 11) is 2.14. The maximum atomic E-state index is 6.02. The average Bonchev–Trinajstić information content (AvgIpc) is 2.28. The van der Waals surface area contributed by atoms with Gasteiger partial charge in [0.15, 0.2) is 0 Å². The van der Waals surface area contributed by atoms with E-state index >= 15 is 0 Å². The summed E-state index contributed by atoms with van der Waals surface area (Å²) in [4.78, 5) is 2.30. The third-order valence-corrected chi connectivity index (χ3v) is 3.67. The van der Waals surface area contributed by atoms with Crippen LogP contribution in [0.5, 0.6) is 0 Å². The number of rotatable bonds is 5. The lowest BCUT2D eigenvalue weighted by atomic mass is 10.0. The van der Waals surface area contributed by atoms with Gasteiger partial charge in [-0.15, -0.1) is 0 Å². The van der Waals surface area contributed by atoms with Crippen LogP contribution in [-0.2, 0) is 0 Å². The Morgan fingerprint density at radius 2 is 2.00 bits per heavy atom. The molecule has 0 aliphatic heterocycles. The van der Waals surface area contributed by atoms with E-state index in [0.29, 0.717) is 5.92 Å². The minimum absolute atomic E-state index is 0.0671. The molecule has 0 spiro atoms. The monoisotopic (exact) mass is 298 g/mol. The molecule has 0 heterocycles. The summed E-state index contributed by atoms with van der Waals surface area (Å²) in [6, 6.07) is 6.38. The summed E-state index contributed by atoms with van der Waals surface area (Å²) in [6.07, 6.45) is 1.20. The van der Waals surface area contributed by atoms with Gasteiger partial charge in [-0.25, -0.2) is 0 Å². The lowest BCUT2D eigenvalue weighted by Crippen LogP contribution is -2.25. The second kappa shape index (κ2) is 6.41. The first-order valence-electron chi connectivity index (χ1n) is 6.21. The van der Waals surface area contributed by atoms with Crippen molar-refractivity contribution in [3.8, 4) is 0 Å². The zero-order chi connectivity index (χ0) is 13.0. The van der Waals surface area contributed by atoms with E-state index in [1.807, 2.05) is 6.92 Å². The van der Waals surface area contributed by atoms with Gasteiger partial charge in [-0.3, -0.25) is 0 Å². The van der Waals surface area contributed by atoms with Crippen molar-refractivity contribution < 1.29 is 0 Å². The summed E-state index contributed by atoms with van der Waals surface area (Å²) >= 11 is 3.53. The molecule has 1 aromatic rings. The topological polar surface area (TPSA) is 29.3 Å². The number of nitrogens with zero attached hydrogens (tertiary/aromatic N) is 1. The zero-order valence-electron chi connectivity index (χ0n) is 11.2. The molecular formula is C14H23BrN2. The van der Waals surface area contributed by atoms with E-state index in [9.17, 15) is 0 Å². The molecular weight excluding hydrogens is 276 g/mol. The highest BCUT2D eigenvalue weighted by Crippen LogP contribution is 2.28. The molecule has 17 heavy (non-hydrogen) atoms. The van der Waals surface area contributed by atoms with Crippen molar-refractivity contribution in [2.45, 2.75) is 33.2 Å². The summed E-state index contributed by atoms with van der Waals surface area (Å²) < 4.78 is 1.10. The van der Waals surface area contributed by atoms with Crippen molar-refractivity contribution >= 4 is 21.6 Å². The van der Waals surface area contributed by atoms with Crippen LogP contribution in [0.15, 0.2) is 22.7 Å². The molecule has 0 radical (unpaired) electrons. The maximum absolute atomic E-state index is 6.02. The molecule has 2 unspecified atom stereocenters. The normalized spacial score (nSPS) is 14.5. The predicted molar refractivity (Wildman–Crippen MR) is 79.5 cm³/mol. The molecule has 0 fully saturated rings. The van der Waals surface area contributed by atoms with Crippen LogP contribution in [0.3, 0.4) is 0 Å². The Bertz CT molecular complexity index is 363. The van der Waals surface area contributed by atoms with Gasteiger partial charge in [0, 0.05) is 29.8 Å². The van der Waals surface area contributed by atoms with Crippen LogP contribution in [-0.4, -0.2) is 13.6 Å². The minimum atomic E-state index is 0.0671. The van der Waals surface area contributed by atoms with E-state index in [-0.39, 0.29) is 6.04 Å². The Labute approximate surface area is 113 Å². The van der Waals surface area contributed by atoms with Gasteiger partial charge in [0.2, 0.25) is 0 Å². The fraction of sp³-hybridized carbons (Fsp3) is 0.571. The van der Waals surface area contributed by atoms with Gasteiger partial charge in [-0.2, -0.15) is 0 Å². The van der Waals surface area contributed by atoms with E-state index in [2.05, 4.69) is 59.9 Å². The van der Waals surface area contributed by atoms with Gasteiger partial charge in [-0.05, 0) is 30.5 Å². The molecule has 96 valence electrons. The van der Waals surface area contributed by atoms with Crippen molar-refractivity contribution in [1.29, 1.82) is 0 Å². The van der Waals surface area contributed by atoms with Gasteiger partial charge in [0.05, 0.1) is 0 Å². The summed E-state index contributed by atoms with van der Waals surface area (Å²) in [6.45, 7) is 7.60. The second-order valence-electron chi connectivity index (χ2n) is 4.89. The van der Waals surface area contributed by atoms with Gasteiger partial charge >= 0.3 is 0 Å². The van der Waals surface area contributed by atoms with Crippen LogP contribution in [0, 0.1) is 5.92 Å². The van der Waals surface area contributed by atoms with Crippen LogP contribution in [0.25, 0.3) is 0 Å². The SMILES string of the molecule is CCC(C)CN(C)c1cc(Br)ccc1C(C)N. The third-order valence-electron chi connectivity index (χ3n) is 3.18. The lowest BCUT2D eigenvalue weighted by molar-refractivity contribution is 0.558. The summed E-state index contributed by atoms with van der Waals surface area (Å²) in [5.74, 6) is 0.694. The van der Waals surface area contributed by atoms with Crippen molar-refractivity contribution in [2.75, 3.05) is 18.5 Å². The molecule has 1 rings (SSSR count). The van der Waals surface area contributed by atoms with E-state index in [1.54, 1.807) is 0 Å². The quantitative estimate of drug-likeness (QED) is 0.892. The van der Waals surface area contributed by atoms with Crippen LogP contribution >= 0.6 is 15.9 Å².